The molecule has 0 atom stereocenters. The Morgan fingerprint density at radius 3 is 2.64 bits per heavy atom. The van der Waals surface area contributed by atoms with E-state index in [0.29, 0.717) is 23.7 Å². The quantitative estimate of drug-likeness (QED) is 0.693. The third-order valence-electron chi connectivity index (χ3n) is 3.60. The molecule has 2 aromatic rings. The van der Waals surface area contributed by atoms with Crippen LogP contribution in [-0.2, 0) is 6.61 Å². The van der Waals surface area contributed by atoms with Gasteiger partial charge in [-0.15, -0.1) is 5.10 Å². The van der Waals surface area contributed by atoms with Gasteiger partial charge in [0.1, 0.15) is 12.4 Å². The molecule has 2 rings (SSSR count). The van der Waals surface area contributed by atoms with Crippen LogP contribution >= 0.6 is 0 Å². The Bertz CT molecular complexity index is 666. The van der Waals surface area contributed by atoms with Crippen LogP contribution in [0.5, 0.6) is 5.75 Å². The lowest BCUT2D eigenvalue weighted by atomic mass is 10.2. The minimum Gasteiger partial charge on any atom is -0.486 e. The van der Waals surface area contributed by atoms with Crippen molar-refractivity contribution in [2.45, 2.75) is 32.9 Å². The lowest BCUT2D eigenvalue weighted by Crippen LogP contribution is -2.27. The number of aromatic nitrogens is 4. The minimum atomic E-state index is -0.0749. The smallest absolute Gasteiger partial charge is 0.251 e. The van der Waals surface area contributed by atoms with E-state index >= 15 is 0 Å². The van der Waals surface area contributed by atoms with Crippen LogP contribution in [0.2, 0.25) is 0 Å². The zero-order valence-corrected chi connectivity index (χ0v) is 15.3. The van der Waals surface area contributed by atoms with Gasteiger partial charge in [-0.05, 0) is 75.6 Å². The predicted molar refractivity (Wildman–Crippen MR) is 94.5 cm³/mol. The number of amides is 1. The highest BCUT2D eigenvalue weighted by atomic mass is 16.5. The Balaban J connectivity index is 1.83. The monoisotopic (exact) mass is 346 g/mol. The second kappa shape index (κ2) is 9.12. The molecule has 1 heterocycles. The van der Waals surface area contributed by atoms with E-state index in [1.54, 1.807) is 28.9 Å². The van der Waals surface area contributed by atoms with Crippen molar-refractivity contribution in [3.8, 4) is 5.75 Å². The Morgan fingerprint density at radius 1 is 1.28 bits per heavy atom. The van der Waals surface area contributed by atoms with E-state index in [0.717, 1.165) is 13.0 Å². The number of nitrogens with one attached hydrogen (secondary N) is 1. The zero-order chi connectivity index (χ0) is 18.2. The number of hydrogen-bond donors (Lipinski definition) is 1. The van der Waals surface area contributed by atoms with Gasteiger partial charge in [-0.25, -0.2) is 4.68 Å². The Kier molecular flexibility index (Phi) is 6.88. The second-order valence-corrected chi connectivity index (χ2v) is 6.36. The lowest BCUT2D eigenvalue weighted by molar-refractivity contribution is 0.0952. The van der Waals surface area contributed by atoms with Crippen LogP contribution in [0.25, 0.3) is 0 Å². The van der Waals surface area contributed by atoms with Crippen molar-refractivity contribution >= 4 is 5.91 Å². The summed E-state index contributed by atoms with van der Waals surface area (Å²) >= 11 is 0. The summed E-state index contributed by atoms with van der Waals surface area (Å²) in [6, 6.07) is 7.23. The summed E-state index contributed by atoms with van der Waals surface area (Å²) in [6.07, 6.45) is 0.921. The van der Waals surface area contributed by atoms with E-state index in [1.807, 2.05) is 27.9 Å². The number of tetrazole rings is 1. The van der Waals surface area contributed by atoms with Gasteiger partial charge in [-0.1, -0.05) is 0 Å². The average Bonchev–Trinajstić information content (AvgIpc) is 3.06. The van der Waals surface area contributed by atoms with Crippen LogP contribution in [0.1, 0.15) is 42.5 Å². The molecule has 8 heteroatoms. The molecule has 1 N–H and O–H groups in total. The molecule has 0 aliphatic heterocycles. The maximum absolute atomic E-state index is 12.1. The molecule has 1 aromatic heterocycles. The molecular formula is C17H26N6O2. The molecule has 0 aliphatic rings. The fourth-order valence-corrected chi connectivity index (χ4v) is 2.26. The highest BCUT2D eigenvalue weighted by Crippen LogP contribution is 2.14. The molecule has 0 saturated heterocycles. The lowest BCUT2D eigenvalue weighted by Gasteiger charge is -2.11. The van der Waals surface area contributed by atoms with Gasteiger partial charge in [0.25, 0.3) is 5.91 Å². The van der Waals surface area contributed by atoms with Crippen molar-refractivity contribution < 1.29 is 9.53 Å². The first kappa shape index (κ1) is 18.9. The summed E-state index contributed by atoms with van der Waals surface area (Å²) in [5.74, 6) is 1.26. The summed E-state index contributed by atoms with van der Waals surface area (Å²) in [5, 5.41) is 14.5. The zero-order valence-electron chi connectivity index (χ0n) is 15.3. The van der Waals surface area contributed by atoms with Gasteiger partial charge in [0.2, 0.25) is 0 Å². The molecule has 0 bridgehead atoms. The van der Waals surface area contributed by atoms with Gasteiger partial charge in [0.05, 0.1) is 6.04 Å². The highest BCUT2D eigenvalue weighted by Gasteiger charge is 2.10. The Labute approximate surface area is 148 Å². The minimum absolute atomic E-state index is 0.0749. The van der Waals surface area contributed by atoms with Crippen LogP contribution in [0.4, 0.5) is 0 Å². The van der Waals surface area contributed by atoms with E-state index in [-0.39, 0.29) is 18.6 Å². The normalized spacial score (nSPS) is 11.1. The predicted octanol–water partition coefficient (Wildman–Crippen LogP) is 1.51. The van der Waals surface area contributed by atoms with Gasteiger partial charge in [0.15, 0.2) is 5.82 Å². The van der Waals surface area contributed by atoms with Crippen molar-refractivity contribution in [3.63, 3.8) is 0 Å². The number of ether oxygens (including phenoxy) is 1. The molecule has 0 spiro atoms. The third-order valence-corrected chi connectivity index (χ3v) is 3.60. The third kappa shape index (κ3) is 5.82. The summed E-state index contributed by atoms with van der Waals surface area (Å²) in [7, 11) is 4.03. The van der Waals surface area contributed by atoms with E-state index in [2.05, 4.69) is 25.7 Å². The molecule has 0 unspecified atom stereocenters. The first-order valence-electron chi connectivity index (χ1n) is 8.40. The molecule has 0 radical (unpaired) electrons. The van der Waals surface area contributed by atoms with Crippen LogP contribution in [0, 0.1) is 0 Å². The molecule has 136 valence electrons. The molecule has 8 nitrogen and oxygen atoms in total. The maximum atomic E-state index is 12.1. The van der Waals surface area contributed by atoms with Crippen LogP contribution < -0.4 is 10.1 Å². The van der Waals surface area contributed by atoms with Gasteiger partial charge in [0, 0.05) is 12.1 Å². The van der Waals surface area contributed by atoms with Crippen molar-refractivity contribution in [1.29, 1.82) is 0 Å². The fourth-order valence-electron chi connectivity index (χ4n) is 2.26. The van der Waals surface area contributed by atoms with E-state index in [1.165, 1.54) is 0 Å². The Morgan fingerprint density at radius 2 is 2.00 bits per heavy atom. The van der Waals surface area contributed by atoms with Gasteiger partial charge in [-0.3, -0.25) is 4.79 Å². The standard InChI is InChI=1S/C17H26N6O2/c1-13(2)23-16(19-20-21-23)12-25-15-8-6-14(7-9-15)17(24)18-10-5-11-22(3)4/h6-9,13H,5,10-12H2,1-4H3,(H,18,24). The summed E-state index contributed by atoms with van der Waals surface area (Å²) < 4.78 is 7.42. The number of carbonyl (C=O) groups is 1. The topological polar surface area (TPSA) is 85.2 Å². The van der Waals surface area contributed by atoms with Crippen molar-refractivity contribution in [2.75, 3.05) is 27.2 Å². The Hall–Kier alpha value is -2.48. The summed E-state index contributed by atoms with van der Waals surface area (Å²) in [4.78, 5) is 14.2. The summed E-state index contributed by atoms with van der Waals surface area (Å²) in [5.41, 5.74) is 0.615. The van der Waals surface area contributed by atoms with Gasteiger partial charge < -0.3 is 15.0 Å². The first-order chi connectivity index (χ1) is 12.0. The molecular weight excluding hydrogens is 320 g/mol. The van der Waals surface area contributed by atoms with Crippen molar-refractivity contribution in [3.05, 3.63) is 35.7 Å². The number of hydrogen-bond acceptors (Lipinski definition) is 6. The van der Waals surface area contributed by atoms with Crippen LogP contribution in [0.15, 0.2) is 24.3 Å². The molecule has 1 aromatic carbocycles. The van der Waals surface area contributed by atoms with Gasteiger partial charge >= 0.3 is 0 Å². The molecule has 1 amide bonds. The van der Waals surface area contributed by atoms with E-state index in [9.17, 15) is 4.79 Å². The highest BCUT2D eigenvalue weighted by molar-refractivity contribution is 5.94. The second-order valence-electron chi connectivity index (χ2n) is 6.36. The SMILES string of the molecule is CC(C)n1nnnc1COc1ccc(C(=O)NCCCN(C)C)cc1. The summed E-state index contributed by atoms with van der Waals surface area (Å²) in [6.45, 7) is 5.90. The first-order valence-corrected chi connectivity index (χ1v) is 8.40. The number of rotatable bonds is 9. The average molecular weight is 346 g/mol. The number of nitrogens with zero attached hydrogens (tertiary/aromatic N) is 5. The van der Waals surface area contributed by atoms with Crippen molar-refractivity contribution in [1.82, 2.24) is 30.4 Å². The molecule has 0 saturated carbocycles. The van der Waals surface area contributed by atoms with E-state index < -0.39 is 0 Å². The van der Waals surface area contributed by atoms with Crippen molar-refractivity contribution in [2.24, 2.45) is 0 Å². The van der Waals surface area contributed by atoms with E-state index in [4.69, 9.17) is 4.74 Å². The van der Waals surface area contributed by atoms with Crippen LogP contribution in [0.3, 0.4) is 0 Å². The molecule has 25 heavy (non-hydrogen) atoms. The molecule has 0 fully saturated rings. The van der Waals surface area contributed by atoms with Crippen LogP contribution in [-0.4, -0.2) is 58.2 Å². The number of carbonyl (C=O) groups excluding carboxylic acids is 1. The maximum Gasteiger partial charge on any atom is 0.251 e. The fraction of sp³-hybridized carbons (Fsp3) is 0.529. The number of benzene rings is 1. The largest absolute Gasteiger partial charge is 0.486 e. The molecule has 0 aliphatic carbocycles. The van der Waals surface area contributed by atoms with Gasteiger partial charge in [-0.2, -0.15) is 0 Å².